The molecule has 0 atom stereocenters. The average Bonchev–Trinajstić information content (AvgIpc) is 2.78. The molecule has 2 N–H and O–H groups in total. The van der Waals surface area contributed by atoms with E-state index < -0.39 is 15.7 Å². The van der Waals surface area contributed by atoms with E-state index in [2.05, 4.69) is 5.10 Å². The van der Waals surface area contributed by atoms with Gasteiger partial charge in [-0.15, -0.1) is 0 Å². The van der Waals surface area contributed by atoms with Crippen molar-refractivity contribution in [3.05, 3.63) is 42.5 Å². The molecule has 18 heavy (non-hydrogen) atoms. The highest BCUT2D eigenvalue weighted by atomic mass is 32.2. The number of sulfone groups is 1. The number of halogens is 1. The van der Waals surface area contributed by atoms with E-state index in [4.69, 9.17) is 5.73 Å². The van der Waals surface area contributed by atoms with E-state index >= 15 is 0 Å². The molecule has 0 aliphatic rings. The molecule has 96 valence electrons. The Morgan fingerprint density at radius 1 is 1.39 bits per heavy atom. The fraction of sp³-hybridized carbons (Fsp3) is 0.182. The highest BCUT2D eigenvalue weighted by Gasteiger charge is 2.19. The minimum absolute atomic E-state index is 0.180. The summed E-state index contributed by atoms with van der Waals surface area (Å²) < 4.78 is 38.9. The Morgan fingerprint density at radius 2 is 2.17 bits per heavy atom. The molecule has 2 aromatic rings. The van der Waals surface area contributed by atoms with E-state index in [-0.39, 0.29) is 22.9 Å². The second-order valence-corrected chi connectivity index (χ2v) is 5.86. The molecule has 0 fully saturated rings. The Morgan fingerprint density at radius 3 is 2.78 bits per heavy atom. The largest absolute Gasteiger partial charge is 0.399 e. The second kappa shape index (κ2) is 4.77. The van der Waals surface area contributed by atoms with E-state index in [1.165, 1.54) is 16.8 Å². The van der Waals surface area contributed by atoms with Gasteiger partial charge in [0, 0.05) is 18.1 Å². The number of nitrogens with zero attached hydrogens (tertiary/aromatic N) is 2. The Balaban J connectivity index is 2.20. The van der Waals surface area contributed by atoms with Crippen molar-refractivity contribution in [1.29, 1.82) is 0 Å². The van der Waals surface area contributed by atoms with Crippen molar-refractivity contribution in [1.82, 2.24) is 9.78 Å². The molecular formula is C11H12FN3O2S. The van der Waals surface area contributed by atoms with E-state index in [0.29, 0.717) is 0 Å². The van der Waals surface area contributed by atoms with Gasteiger partial charge in [0.15, 0.2) is 9.84 Å². The van der Waals surface area contributed by atoms with Gasteiger partial charge in [-0.1, -0.05) is 0 Å². The van der Waals surface area contributed by atoms with Gasteiger partial charge in [0.1, 0.15) is 10.7 Å². The fourth-order valence-electron chi connectivity index (χ4n) is 1.53. The highest BCUT2D eigenvalue weighted by molar-refractivity contribution is 7.91. The standard InChI is InChI=1S/C11H12FN3O2S/c12-10-8-9(13)2-3-11(10)18(16,17)7-6-15-5-1-4-14-15/h1-5,8H,6-7,13H2. The number of benzene rings is 1. The van der Waals surface area contributed by atoms with E-state index in [1.807, 2.05) is 0 Å². The normalized spacial score (nSPS) is 11.6. The van der Waals surface area contributed by atoms with Gasteiger partial charge >= 0.3 is 0 Å². The topological polar surface area (TPSA) is 78.0 Å². The van der Waals surface area contributed by atoms with Crippen molar-refractivity contribution in [2.75, 3.05) is 11.5 Å². The minimum atomic E-state index is -3.68. The predicted octanol–water partition coefficient (Wildman–Crippen LogP) is 1.08. The third-order valence-corrected chi connectivity index (χ3v) is 4.16. The summed E-state index contributed by atoms with van der Waals surface area (Å²) in [6.07, 6.45) is 3.20. The predicted molar refractivity (Wildman–Crippen MR) is 65.1 cm³/mol. The van der Waals surface area contributed by atoms with Crippen LogP contribution in [0.25, 0.3) is 0 Å². The lowest BCUT2D eigenvalue weighted by atomic mass is 10.3. The molecule has 5 nitrogen and oxygen atoms in total. The molecule has 1 aromatic heterocycles. The number of aryl methyl sites for hydroxylation is 1. The zero-order chi connectivity index (χ0) is 13.2. The maximum atomic E-state index is 13.5. The quantitative estimate of drug-likeness (QED) is 0.842. The molecule has 7 heteroatoms. The number of hydrogen-bond donors (Lipinski definition) is 1. The van der Waals surface area contributed by atoms with Crippen molar-refractivity contribution in [2.24, 2.45) is 0 Å². The molecule has 0 radical (unpaired) electrons. The molecule has 1 heterocycles. The van der Waals surface area contributed by atoms with Gasteiger partial charge in [0.25, 0.3) is 0 Å². The van der Waals surface area contributed by atoms with Crippen LogP contribution in [-0.2, 0) is 16.4 Å². The Kier molecular flexibility index (Phi) is 3.33. The Bertz CT molecular complexity index is 638. The number of nitrogen functional groups attached to an aromatic ring is 1. The molecule has 0 aliphatic heterocycles. The molecule has 0 bridgehead atoms. The van der Waals surface area contributed by atoms with Gasteiger partial charge < -0.3 is 5.73 Å². The smallest absolute Gasteiger partial charge is 0.183 e. The molecule has 0 saturated heterocycles. The minimum Gasteiger partial charge on any atom is -0.399 e. The van der Waals surface area contributed by atoms with E-state index in [9.17, 15) is 12.8 Å². The maximum absolute atomic E-state index is 13.5. The van der Waals surface area contributed by atoms with Gasteiger partial charge in [-0.25, -0.2) is 12.8 Å². The summed E-state index contributed by atoms with van der Waals surface area (Å²) in [6, 6.07) is 5.24. The van der Waals surface area contributed by atoms with E-state index in [1.54, 1.807) is 18.5 Å². The third kappa shape index (κ3) is 2.67. The van der Waals surface area contributed by atoms with Crippen LogP contribution in [0.4, 0.5) is 10.1 Å². The molecule has 0 unspecified atom stereocenters. The van der Waals surface area contributed by atoms with Crippen LogP contribution < -0.4 is 5.73 Å². The van der Waals surface area contributed by atoms with Crippen molar-refractivity contribution in [3.8, 4) is 0 Å². The third-order valence-electron chi connectivity index (χ3n) is 2.44. The molecule has 0 spiro atoms. The van der Waals surface area contributed by atoms with Crippen LogP contribution in [0, 0.1) is 5.82 Å². The van der Waals surface area contributed by atoms with E-state index in [0.717, 1.165) is 6.07 Å². The van der Waals surface area contributed by atoms with Crippen molar-refractivity contribution < 1.29 is 12.8 Å². The zero-order valence-corrected chi connectivity index (χ0v) is 10.3. The van der Waals surface area contributed by atoms with Gasteiger partial charge in [0.05, 0.1) is 12.3 Å². The summed E-state index contributed by atoms with van der Waals surface area (Å²) in [5.41, 5.74) is 5.57. The highest BCUT2D eigenvalue weighted by Crippen LogP contribution is 2.18. The fourth-order valence-corrected chi connectivity index (χ4v) is 2.80. The first-order chi connectivity index (χ1) is 8.49. The summed E-state index contributed by atoms with van der Waals surface area (Å²) in [5.74, 6) is -1.04. The van der Waals surface area contributed by atoms with Crippen molar-refractivity contribution in [2.45, 2.75) is 11.4 Å². The van der Waals surface area contributed by atoms with Crippen LogP contribution in [-0.4, -0.2) is 24.0 Å². The number of rotatable bonds is 4. The van der Waals surface area contributed by atoms with Crippen LogP contribution >= 0.6 is 0 Å². The zero-order valence-electron chi connectivity index (χ0n) is 9.45. The van der Waals surface area contributed by atoms with Crippen LogP contribution in [0.2, 0.25) is 0 Å². The number of nitrogens with two attached hydrogens (primary N) is 1. The Labute approximate surface area is 104 Å². The summed E-state index contributed by atoms with van der Waals surface area (Å²) in [4.78, 5) is -0.330. The van der Waals surface area contributed by atoms with Gasteiger partial charge in [-0.2, -0.15) is 5.10 Å². The molecule has 1 aromatic carbocycles. The van der Waals surface area contributed by atoms with Crippen molar-refractivity contribution >= 4 is 15.5 Å². The number of aromatic nitrogens is 2. The first kappa shape index (κ1) is 12.6. The van der Waals surface area contributed by atoms with Gasteiger partial charge in [-0.05, 0) is 24.3 Å². The van der Waals surface area contributed by atoms with Gasteiger partial charge in [0.2, 0.25) is 0 Å². The second-order valence-electron chi connectivity index (χ2n) is 3.78. The number of anilines is 1. The maximum Gasteiger partial charge on any atom is 0.183 e. The summed E-state index contributed by atoms with van der Waals surface area (Å²) in [5, 5.41) is 3.89. The van der Waals surface area contributed by atoms with Crippen LogP contribution in [0.5, 0.6) is 0 Å². The molecule has 0 aliphatic carbocycles. The van der Waals surface area contributed by atoms with Gasteiger partial charge in [-0.3, -0.25) is 4.68 Å². The first-order valence-electron chi connectivity index (χ1n) is 5.24. The molecule has 2 rings (SSSR count). The lowest BCUT2D eigenvalue weighted by Gasteiger charge is -2.06. The van der Waals surface area contributed by atoms with Crippen LogP contribution in [0.3, 0.4) is 0 Å². The Hall–Kier alpha value is -1.89. The first-order valence-corrected chi connectivity index (χ1v) is 6.89. The summed E-state index contributed by atoms with van der Waals surface area (Å²) >= 11 is 0. The lowest BCUT2D eigenvalue weighted by molar-refractivity contribution is 0.559. The summed E-state index contributed by atoms with van der Waals surface area (Å²) in [6.45, 7) is 0.180. The molecular weight excluding hydrogens is 257 g/mol. The SMILES string of the molecule is Nc1ccc(S(=O)(=O)CCn2cccn2)c(F)c1. The molecule has 0 amide bonds. The van der Waals surface area contributed by atoms with Crippen molar-refractivity contribution in [3.63, 3.8) is 0 Å². The summed E-state index contributed by atoms with van der Waals surface area (Å²) in [7, 11) is -3.68. The van der Waals surface area contributed by atoms with Crippen LogP contribution in [0.1, 0.15) is 0 Å². The molecule has 0 saturated carbocycles. The van der Waals surface area contributed by atoms with Crippen LogP contribution in [0.15, 0.2) is 41.6 Å². The monoisotopic (exact) mass is 269 g/mol. The average molecular weight is 269 g/mol. The lowest BCUT2D eigenvalue weighted by Crippen LogP contribution is -2.15. The number of hydrogen-bond acceptors (Lipinski definition) is 4.